The van der Waals surface area contributed by atoms with Crippen molar-refractivity contribution in [1.82, 2.24) is 4.90 Å². The van der Waals surface area contributed by atoms with Crippen LogP contribution in [0, 0.1) is 0 Å². The van der Waals surface area contributed by atoms with E-state index >= 15 is 0 Å². The van der Waals surface area contributed by atoms with E-state index in [1.165, 1.54) is 11.0 Å². The maximum absolute atomic E-state index is 12.0. The molecule has 2 amide bonds. The van der Waals surface area contributed by atoms with Crippen molar-refractivity contribution in [1.29, 1.82) is 0 Å². The molecule has 1 aromatic rings. The average molecular weight is 410 g/mol. The zero-order chi connectivity index (χ0) is 15.3. The number of methoxy groups -OCH3 is 1. The molecule has 0 aliphatic carbocycles. The smallest absolute Gasteiger partial charge is 0.337 e. The van der Waals surface area contributed by atoms with Crippen molar-refractivity contribution in [3.8, 4) is 0 Å². The number of likely N-dealkylation sites (N-methyl/N-ethyl adjacent to an activating group) is 1. The fourth-order valence-electron chi connectivity index (χ4n) is 1.40. The number of amides is 2. The van der Waals surface area contributed by atoms with Gasteiger partial charge in [-0.05, 0) is 28.1 Å². The number of ether oxygens (including phenoxy) is 1. The zero-order valence-electron chi connectivity index (χ0n) is 10.9. The first-order valence-electron chi connectivity index (χ1n) is 5.60. The summed E-state index contributed by atoms with van der Waals surface area (Å²) in [5.41, 5.74) is 0.217. The Balaban J connectivity index is 2.97. The van der Waals surface area contributed by atoms with Crippen molar-refractivity contribution < 1.29 is 19.4 Å². The summed E-state index contributed by atoms with van der Waals surface area (Å²) in [5, 5.41) is 11.8. The normalized spacial score (nSPS) is 10.2. The van der Waals surface area contributed by atoms with Crippen LogP contribution in [0.2, 0.25) is 0 Å². The number of nitrogens with one attached hydrogen (secondary N) is 1. The third-order valence-electron chi connectivity index (χ3n) is 2.49. The number of carboxylic acid groups (broad SMARTS) is 1. The number of carboxylic acids is 1. The van der Waals surface area contributed by atoms with Gasteiger partial charge in [0.15, 0.2) is 0 Å². The van der Waals surface area contributed by atoms with Crippen molar-refractivity contribution in [2.45, 2.75) is 0 Å². The monoisotopic (exact) mass is 408 g/mol. The van der Waals surface area contributed by atoms with Crippen molar-refractivity contribution in [3.63, 3.8) is 0 Å². The van der Waals surface area contributed by atoms with E-state index in [0.717, 1.165) is 0 Å². The lowest BCUT2D eigenvalue weighted by atomic mass is 10.2. The van der Waals surface area contributed by atoms with Gasteiger partial charge in [0, 0.05) is 29.6 Å². The number of rotatable bonds is 5. The minimum absolute atomic E-state index is 0.000239. The standard InChI is InChI=1S/C12H14Br2N2O4/c1-16(3-4-20-2)12(19)15-10-8(11(17)18)5-7(13)6-9(10)14/h5-6H,3-4H2,1-2H3,(H,15,19)(H,17,18). The molecule has 1 rings (SSSR count). The molecule has 0 radical (unpaired) electrons. The van der Waals surface area contributed by atoms with E-state index in [1.807, 2.05) is 0 Å². The second-order valence-corrected chi connectivity index (χ2v) is 5.73. The minimum atomic E-state index is -1.12. The summed E-state index contributed by atoms with van der Waals surface area (Å²) in [6.45, 7) is 0.802. The van der Waals surface area contributed by atoms with Crippen LogP contribution in [0.3, 0.4) is 0 Å². The fourth-order valence-corrected chi connectivity index (χ4v) is 2.73. The van der Waals surface area contributed by atoms with E-state index in [2.05, 4.69) is 37.2 Å². The maximum Gasteiger partial charge on any atom is 0.337 e. The average Bonchev–Trinajstić information content (AvgIpc) is 2.38. The molecule has 1 aromatic carbocycles. The van der Waals surface area contributed by atoms with Crippen LogP contribution >= 0.6 is 31.9 Å². The Morgan fingerprint density at radius 2 is 2.05 bits per heavy atom. The van der Waals surface area contributed by atoms with Crippen LogP contribution in [0.15, 0.2) is 21.1 Å². The number of urea groups is 1. The topological polar surface area (TPSA) is 78.9 Å². The predicted octanol–water partition coefficient (Wildman–Crippen LogP) is 3.02. The second kappa shape index (κ2) is 7.61. The molecule has 0 atom stereocenters. The number of benzene rings is 1. The Kier molecular flexibility index (Phi) is 6.44. The fraction of sp³-hybridized carbons (Fsp3) is 0.333. The van der Waals surface area contributed by atoms with Gasteiger partial charge in [-0.3, -0.25) is 0 Å². The first kappa shape index (κ1) is 16.9. The molecule has 0 saturated carbocycles. The molecule has 0 heterocycles. The van der Waals surface area contributed by atoms with Crippen LogP contribution in [0.1, 0.15) is 10.4 Å². The number of carbonyl (C=O) groups is 2. The lowest BCUT2D eigenvalue weighted by Crippen LogP contribution is -2.34. The third-order valence-corrected chi connectivity index (χ3v) is 3.58. The molecule has 8 heteroatoms. The molecular formula is C12H14Br2N2O4. The van der Waals surface area contributed by atoms with Crippen molar-refractivity contribution in [2.24, 2.45) is 0 Å². The molecule has 0 aliphatic heterocycles. The Labute approximate surface area is 133 Å². The van der Waals surface area contributed by atoms with Crippen LogP contribution in [0.5, 0.6) is 0 Å². The number of anilines is 1. The highest BCUT2D eigenvalue weighted by Crippen LogP contribution is 2.31. The van der Waals surface area contributed by atoms with Crippen molar-refractivity contribution in [3.05, 3.63) is 26.6 Å². The third kappa shape index (κ3) is 4.46. The Bertz CT molecular complexity index is 522. The number of nitrogens with zero attached hydrogens (tertiary/aromatic N) is 1. The molecule has 0 aliphatic rings. The van der Waals surface area contributed by atoms with Gasteiger partial charge in [0.25, 0.3) is 0 Å². The van der Waals surface area contributed by atoms with Gasteiger partial charge in [0.05, 0.1) is 17.9 Å². The minimum Gasteiger partial charge on any atom is -0.478 e. The van der Waals surface area contributed by atoms with E-state index in [9.17, 15) is 14.7 Å². The highest BCUT2D eigenvalue weighted by Gasteiger charge is 2.18. The summed E-state index contributed by atoms with van der Waals surface area (Å²) in [7, 11) is 3.14. The van der Waals surface area contributed by atoms with Crippen molar-refractivity contribution in [2.75, 3.05) is 32.6 Å². The highest BCUT2D eigenvalue weighted by molar-refractivity contribution is 9.11. The SMILES string of the molecule is COCCN(C)C(=O)Nc1c(Br)cc(Br)cc1C(=O)O. The number of halogens is 2. The van der Waals surface area contributed by atoms with E-state index in [-0.39, 0.29) is 11.3 Å². The Morgan fingerprint density at radius 3 is 2.60 bits per heavy atom. The molecule has 0 fully saturated rings. The largest absolute Gasteiger partial charge is 0.478 e. The zero-order valence-corrected chi connectivity index (χ0v) is 14.1. The van der Waals surface area contributed by atoms with E-state index in [4.69, 9.17) is 4.74 Å². The molecular weight excluding hydrogens is 396 g/mol. The van der Waals surface area contributed by atoms with Crippen LogP contribution < -0.4 is 5.32 Å². The predicted molar refractivity (Wildman–Crippen MR) is 82.3 cm³/mol. The van der Waals surface area contributed by atoms with E-state index in [0.29, 0.717) is 22.1 Å². The molecule has 0 unspecified atom stereocenters. The number of hydrogen-bond donors (Lipinski definition) is 2. The van der Waals surface area contributed by atoms with Crippen molar-refractivity contribution >= 4 is 49.5 Å². The Hall–Kier alpha value is -1.12. The van der Waals surface area contributed by atoms with Gasteiger partial charge in [0.1, 0.15) is 0 Å². The van der Waals surface area contributed by atoms with Crippen LogP contribution in [-0.2, 0) is 4.74 Å². The van der Waals surface area contributed by atoms with Gasteiger partial charge < -0.3 is 20.1 Å². The summed E-state index contributed by atoms with van der Waals surface area (Å²) in [5.74, 6) is -1.12. The lowest BCUT2D eigenvalue weighted by molar-refractivity contribution is 0.0698. The summed E-state index contributed by atoms with van der Waals surface area (Å²) < 4.78 is 5.97. The van der Waals surface area contributed by atoms with Gasteiger partial charge in [0.2, 0.25) is 0 Å². The number of aromatic carboxylic acids is 1. The molecule has 0 aromatic heterocycles. The first-order valence-corrected chi connectivity index (χ1v) is 7.18. The van der Waals surface area contributed by atoms with Gasteiger partial charge in [-0.2, -0.15) is 0 Å². The molecule has 0 saturated heterocycles. The van der Waals surface area contributed by atoms with Gasteiger partial charge >= 0.3 is 12.0 Å². The molecule has 110 valence electrons. The second-order valence-electron chi connectivity index (χ2n) is 3.96. The maximum atomic E-state index is 12.0. The van der Waals surface area contributed by atoms with Crippen LogP contribution in [0.4, 0.5) is 10.5 Å². The summed E-state index contributed by atoms with van der Waals surface area (Å²) in [6, 6.07) is 2.68. The summed E-state index contributed by atoms with van der Waals surface area (Å²) >= 11 is 6.46. The van der Waals surface area contributed by atoms with Crippen LogP contribution in [-0.4, -0.2) is 49.3 Å². The Morgan fingerprint density at radius 1 is 1.40 bits per heavy atom. The van der Waals surface area contributed by atoms with Gasteiger partial charge in [-0.15, -0.1) is 0 Å². The molecule has 2 N–H and O–H groups in total. The quantitative estimate of drug-likeness (QED) is 0.783. The molecule has 20 heavy (non-hydrogen) atoms. The van der Waals surface area contributed by atoms with Crippen LogP contribution in [0.25, 0.3) is 0 Å². The lowest BCUT2D eigenvalue weighted by Gasteiger charge is -2.19. The first-order chi connectivity index (χ1) is 9.36. The number of hydrogen-bond acceptors (Lipinski definition) is 3. The highest BCUT2D eigenvalue weighted by atomic mass is 79.9. The molecule has 6 nitrogen and oxygen atoms in total. The number of carbonyl (C=O) groups excluding carboxylic acids is 1. The molecule has 0 spiro atoms. The van der Waals surface area contributed by atoms with E-state index < -0.39 is 12.0 Å². The van der Waals surface area contributed by atoms with Gasteiger partial charge in [-0.1, -0.05) is 15.9 Å². The summed E-state index contributed by atoms with van der Waals surface area (Å²) in [6.07, 6.45) is 0. The van der Waals surface area contributed by atoms with Gasteiger partial charge in [-0.25, -0.2) is 9.59 Å². The van der Waals surface area contributed by atoms with E-state index in [1.54, 1.807) is 20.2 Å². The molecule has 0 bridgehead atoms. The summed E-state index contributed by atoms with van der Waals surface area (Å²) in [4.78, 5) is 24.6.